The number of rotatable bonds is 7. The summed E-state index contributed by atoms with van der Waals surface area (Å²) in [5.74, 6) is -0.580. The topological polar surface area (TPSA) is 76.7 Å². The Kier molecular flexibility index (Phi) is 6.18. The van der Waals surface area contributed by atoms with E-state index >= 15 is 0 Å². The Morgan fingerprint density at radius 3 is 2.33 bits per heavy atom. The lowest BCUT2D eigenvalue weighted by atomic mass is 9.82. The van der Waals surface area contributed by atoms with Crippen LogP contribution in [-0.2, 0) is 21.2 Å². The first-order valence-corrected chi connectivity index (χ1v) is 11.4. The summed E-state index contributed by atoms with van der Waals surface area (Å²) in [5.41, 5.74) is 1.05. The van der Waals surface area contributed by atoms with Gasteiger partial charge in [-0.05, 0) is 36.2 Å². The van der Waals surface area contributed by atoms with E-state index in [1.165, 1.54) is 6.26 Å². The largest absolute Gasteiger partial charge is 0.469 e. The van der Waals surface area contributed by atoms with Gasteiger partial charge in [-0.25, -0.2) is 8.42 Å². The highest BCUT2D eigenvalue weighted by molar-refractivity contribution is 7.95. The molecule has 3 aromatic rings. The lowest BCUT2D eigenvalue weighted by Gasteiger charge is -2.33. The zero-order chi connectivity index (χ0) is 21.0. The molecule has 156 valence electrons. The molecule has 0 amide bonds. The zero-order valence-electron chi connectivity index (χ0n) is 16.4. The van der Waals surface area contributed by atoms with Crippen LogP contribution >= 0.6 is 0 Å². The smallest absolute Gasteiger partial charge is 0.203 e. The molecule has 1 aliphatic rings. The van der Waals surface area contributed by atoms with Crippen molar-refractivity contribution in [1.29, 1.82) is 0 Å². The standard InChI is InChI=1S/C24H24O5S/c25-24-19(17-28-16-18-8-3-1-4-9-18)13-14-22(23(24)21-12-7-15-29-21)30(26,27)20-10-5-2-6-11-20/h1-12,14-15,19,23-25H,13,16-17H2/t19-,23+,24-/m1/s1. The number of furan rings is 1. The maximum absolute atomic E-state index is 13.3. The van der Waals surface area contributed by atoms with Gasteiger partial charge in [0, 0.05) is 5.92 Å². The van der Waals surface area contributed by atoms with Crippen LogP contribution < -0.4 is 0 Å². The van der Waals surface area contributed by atoms with Crippen molar-refractivity contribution in [3.05, 3.63) is 101 Å². The summed E-state index contributed by atoms with van der Waals surface area (Å²) in [7, 11) is -3.76. The molecule has 0 saturated heterocycles. The van der Waals surface area contributed by atoms with E-state index in [1.807, 2.05) is 30.3 Å². The predicted molar refractivity (Wildman–Crippen MR) is 113 cm³/mol. The van der Waals surface area contributed by atoms with E-state index in [0.717, 1.165) is 5.56 Å². The van der Waals surface area contributed by atoms with Crippen LogP contribution in [0.25, 0.3) is 0 Å². The fraction of sp³-hybridized carbons (Fsp3) is 0.250. The Labute approximate surface area is 176 Å². The van der Waals surface area contributed by atoms with Gasteiger partial charge in [-0.2, -0.15) is 0 Å². The SMILES string of the molecule is O=S(=O)(C1=CC[C@H](COCc2ccccc2)[C@@H](O)[C@H]1c1ccco1)c1ccccc1. The first kappa shape index (κ1) is 20.6. The van der Waals surface area contributed by atoms with E-state index in [1.54, 1.807) is 48.5 Å². The van der Waals surface area contributed by atoms with Gasteiger partial charge in [0.2, 0.25) is 9.84 Å². The Morgan fingerprint density at radius 1 is 0.967 bits per heavy atom. The number of hydrogen-bond donors (Lipinski definition) is 1. The molecule has 30 heavy (non-hydrogen) atoms. The molecule has 1 aromatic heterocycles. The molecule has 0 aliphatic heterocycles. The third-order valence-corrected chi connectivity index (χ3v) is 7.34. The van der Waals surface area contributed by atoms with Crippen LogP contribution in [0, 0.1) is 5.92 Å². The average Bonchev–Trinajstić information content (AvgIpc) is 3.30. The molecule has 0 radical (unpaired) electrons. The molecule has 1 aliphatic carbocycles. The molecule has 6 heteroatoms. The second kappa shape index (κ2) is 9.00. The minimum absolute atomic E-state index is 0.176. The van der Waals surface area contributed by atoms with Crippen molar-refractivity contribution in [2.24, 2.45) is 5.92 Å². The number of benzene rings is 2. The molecule has 4 rings (SSSR count). The lowest BCUT2D eigenvalue weighted by Crippen LogP contribution is -2.36. The molecule has 0 unspecified atom stereocenters. The minimum atomic E-state index is -3.76. The quantitative estimate of drug-likeness (QED) is 0.611. The van der Waals surface area contributed by atoms with Gasteiger partial charge < -0.3 is 14.3 Å². The average molecular weight is 425 g/mol. The van der Waals surface area contributed by atoms with Crippen molar-refractivity contribution in [1.82, 2.24) is 0 Å². The molecule has 0 saturated carbocycles. The summed E-state index contributed by atoms with van der Waals surface area (Å²) in [6, 6.07) is 21.5. The van der Waals surface area contributed by atoms with Crippen molar-refractivity contribution < 1.29 is 22.7 Å². The maximum atomic E-state index is 13.3. The van der Waals surface area contributed by atoms with Crippen molar-refractivity contribution in [3.63, 3.8) is 0 Å². The molecule has 2 aromatic carbocycles. The van der Waals surface area contributed by atoms with Crippen LogP contribution in [-0.4, -0.2) is 26.2 Å². The summed E-state index contributed by atoms with van der Waals surface area (Å²) >= 11 is 0. The second-order valence-electron chi connectivity index (χ2n) is 7.40. The van der Waals surface area contributed by atoms with E-state index in [2.05, 4.69) is 0 Å². The van der Waals surface area contributed by atoms with Gasteiger partial charge in [-0.1, -0.05) is 54.6 Å². The van der Waals surface area contributed by atoms with Crippen LogP contribution in [0.5, 0.6) is 0 Å². The van der Waals surface area contributed by atoms with Crippen LogP contribution in [0.3, 0.4) is 0 Å². The van der Waals surface area contributed by atoms with Gasteiger partial charge >= 0.3 is 0 Å². The summed E-state index contributed by atoms with van der Waals surface area (Å²) < 4.78 is 37.9. The number of hydrogen-bond acceptors (Lipinski definition) is 5. The van der Waals surface area contributed by atoms with Crippen LogP contribution in [0.15, 0.2) is 99.4 Å². The second-order valence-corrected chi connectivity index (χ2v) is 9.35. The summed E-state index contributed by atoms with van der Waals surface area (Å²) in [5, 5.41) is 11.1. The van der Waals surface area contributed by atoms with Crippen LogP contribution in [0.1, 0.15) is 23.7 Å². The normalized spacial score (nSPS) is 21.9. The van der Waals surface area contributed by atoms with Gasteiger partial charge in [0.05, 0.1) is 41.3 Å². The van der Waals surface area contributed by atoms with Gasteiger partial charge in [0.25, 0.3) is 0 Å². The van der Waals surface area contributed by atoms with Gasteiger partial charge in [-0.3, -0.25) is 0 Å². The van der Waals surface area contributed by atoms with Crippen molar-refractivity contribution in [3.8, 4) is 0 Å². The van der Waals surface area contributed by atoms with Crippen LogP contribution in [0.4, 0.5) is 0 Å². The van der Waals surface area contributed by atoms with Crippen molar-refractivity contribution in [2.75, 3.05) is 6.61 Å². The first-order chi connectivity index (χ1) is 14.6. The molecule has 0 spiro atoms. The highest BCUT2D eigenvalue weighted by Gasteiger charge is 2.42. The number of allylic oxidation sites excluding steroid dienone is 1. The van der Waals surface area contributed by atoms with E-state index in [0.29, 0.717) is 25.4 Å². The highest BCUT2D eigenvalue weighted by atomic mass is 32.2. The monoisotopic (exact) mass is 424 g/mol. The molecule has 0 bridgehead atoms. The van der Waals surface area contributed by atoms with Gasteiger partial charge in [0.15, 0.2) is 0 Å². The van der Waals surface area contributed by atoms with E-state index < -0.39 is 21.9 Å². The fourth-order valence-corrected chi connectivity index (χ4v) is 5.53. The maximum Gasteiger partial charge on any atom is 0.203 e. The lowest BCUT2D eigenvalue weighted by molar-refractivity contribution is 0.00877. The van der Waals surface area contributed by atoms with E-state index in [-0.39, 0.29) is 15.7 Å². The molecular weight excluding hydrogens is 400 g/mol. The number of aliphatic hydroxyl groups excluding tert-OH is 1. The van der Waals surface area contributed by atoms with E-state index in [4.69, 9.17) is 9.15 Å². The van der Waals surface area contributed by atoms with Gasteiger partial charge in [0.1, 0.15) is 5.76 Å². The molecule has 3 atom stereocenters. The Hall–Kier alpha value is -2.67. The molecule has 1 N–H and O–H groups in total. The number of ether oxygens (including phenoxy) is 1. The Balaban J connectivity index is 1.58. The summed E-state index contributed by atoms with van der Waals surface area (Å²) in [4.78, 5) is 0.384. The van der Waals surface area contributed by atoms with E-state index in [9.17, 15) is 13.5 Å². The van der Waals surface area contributed by atoms with Crippen molar-refractivity contribution >= 4 is 9.84 Å². The molecule has 0 fully saturated rings. The predicted octanol–water partition coefficient (Wildman–Crippen LogP) is 4.32. The highest BCUT2D eigenvalue weighted by Crippen LogP contribution is 2.42. The fourth-order valence-electron chi connectivity index (χ4n) is 3.83. The summed E-state index contributed by atoms with van der Waals surface area (Å²) in [6.07, 6.45) is 2.67. The molecule has 5 nitrogen and oxygen atoms in total. The first-order valence-electron chi connectivity index (χ1n) is 9.90. The number of aliphatic hydroxyl groups is 1. The zero-order valence-corrected chi connectivity index (χ0v) is 17.2. The van der Waals surface area contributed by atoms with Gasteiger partial charge in [-0.15, -0.1) is 0 Å². The third kappa shape index (κ3) is 4.26. The molecule has 1 heterocycles. The number of sulfone groups is 1. The molecular formula is C24H24O5S. The Morgan fingerprint density at radius 2 is 1.67 bits per heavy atom. The van der Waals surface area contributed by atoms with Crippen molar-refractivity contribution in [2.45, 2.75) is 29.9 Å². The van der Waals surface area contributed by atoms with Crippen LogP contribution in [0.2, 0.25) is 0 Å². The third-order valence-electron chi connectivity index (χ3n) is 5.41. The Bertz CT molecular complexity index is 1070. The summed E-state index contributed by atoms with van der Waals surface area (Å²) in [6.45, 7) is 0.761. The minimum Gasteiger partial charge on any atom is -0.469 e.